The minimum absolute atomic E-state index is 0.00246. The molecular weight excluding hydrogens is 396 g/mol. The number of nitrogens with one attached hydrogen (secondary N) is 2. The summed E-state index contributed by atoms with van der Waals surface area (Å²) in [6, 6.07) is 13.7. The normalized spacial score (nSPS) is 11.1. The summed E-state index contributed by atoms with van der Waals surface area (Å²) in [5.41, 5.74) is 0.268. The van der Waals surface area contributed by atoms with Gasteiger partial charge in [0.15, 0.2) is 0 Å². The highest BCUT2D eigenvalue weighted by atomic mass is 32.2. The summed E-state index contributed by atoms with van der Waals surface area (Å²) < 4.78 is 38.2. The Balaban J connectivity index is 1.75. The van der Waals surface area contributed by atoms with E-state index in [9.17, 15) is 18.3 Å². The Morgan fingerprint density at radius 1 is 1.10 bits per heavy atom. The summed E-state index contributed by atoms with van der Waals surface area (Å²) >= 11 is 0. The average molecular weight is 416 g/mol. The maximum absolute atomic E-state index is 12.7. The molecule has 0 spiro atoms. The van der Waals surface area contributed by atoms with Crippen molar-refractivity contribution in [3.05, 3.63) is 66.6 Å². The number of furan rings is 1. The van der Waals surface area contributed by atoms with Gasteiger partial charge in [0.05, 0.1) is 29.6 Å². The molecule has 0 saturated carbocycles. The zero-order valence-electron chi connectivity index (χ0n) is 15.6. The molecule has 0 atom stereocenters. The molecule has 8 nitrogen and oxygen atoms in total. The Morgan fingerprint density at radius 2 is 1.90 bits per heavy atom. The summed E-state index contributed by atoms with van der Waals surface area (Å²) in [5, 5.41) is 12.5. The number of sulfonamides is 1. The van der Waals surface area contributed by atoms with Gasteiger partial charge >= 0.3 is 0 Å². The topological polar surface area (TPSA) is 118 Å². The van der Waals surface area contributed by atoms with Gasteiger partial charge in [0.1, 0.15) is 17.3 Å². The van der Waals surface area contributed by atoms with Gasteiger partial charge in [-0.3, -0.25) is 9.52 Å². The van der Waals surface area contributed by atoms with Crippen molar-refractivity contribution in [3.63, 3.8) is 0 Å². The lowest BCUT2D eigenvalue weighted by Crippen LogP contribution is -2.15. The van der Waals surface area contributed by atoms with Gasteiger partial charge in [0.25, 0.3) is 10.0 Å². The Kier molecular flexibility index (Phi) is 6.08. The van der Waals surface area contributed by atoms with Crippen LogP contribution in [0.15, 0.2) is 70.2 Å². The number of para-hydroxylation sites is 2. The first kappa shape index (κ1) is 20.3. The Bertz CT molecular complexity index is 1090. The quantitative estimate of drug-likeness (QED) is 0.485. The van der Waals surface area contributed by atoms with Crippen molar-refractivity contribution in [2.45, 2.75) is 17.7 Å². The van der Waals surface area contributed by atoms with Crippen LogP contribution < -0.4 is 14.8 Å². The second-order valence-electron chi connectivity index (χ2n) is 6.11. The highest BCUT2D eigenvalue weighted by Crippen LogP contribution is 2.30. The molecule has 1 heterocycles. The second kappa shape index (κ2) is 8.70. The van der Waals surface area contributed by atoms with E-state index in [1.165, 1.54) is 31.6 Å². The number of anilines is 2. The largest absolute Gasteiger partial charge is 0.506 e. The molecule has 3 aromatic rings. The van der Waals surface area contributed by atoms with E-state index < -0.39 is 10.0 Å². The van der Waals surface area contributed by atoms with Gasteiger partial charge < -0.3 is 19.6 Å². The van der Waals surface area contributed by atoms with Crippen LogP contribution >= 0.6 is 0 Å². The van der Waals surface area contributed by atoms with E-state index in [-0.39, 0.29) is 34.3 Å². The fourth-order valence-corrected chi connectivity index (χ4v) is 3.72. The number of aromatic hydroxyl groups is 1. The zero-order chi connectivity index (χ0) is 20.9. The van der Waals surface area contributed by atoms with E-state index >= 15 is 0 Å². The van der Waals surface area contributed by atoms with E-state index in [0.717, 1.165) is 0 Å². The molecule has 1 aromatic heterocycles. The first-order valence-electron chi connectivity index (χ1n) is 8.70. The van der Waals surface area contributed by atoms with Gasteiger partial charge in [-0.25, -0.2) is 8.42 Å². The maximum Gasteiger partial charge on any atom is 0.262 e. The van der Waals surface area contributed by atoms with Gasteiger partial charge in [-0.2, -0.15) is 0 Å². The third-order valence-corrected chi connectivity index (χ3v) is 5.45. The first-order chi connectivity index (χ1) is 13.9. The molecule has 3 N–H and O–H groups in total. The molecule has 0 unspecified atom stereocenters. The second-order valence-corrected chi connectivity index (χ2v) is 7.79. The lowest BCUT2D eigenvalue weighted by atomic mass is 10.2. The number of aryl methyl sites for hydroxylation is 1. The smallest absolute Gasteiger partial charge is 0.262 e. The van der Waals surface area contributed by atoms with E-state index in [4.69, 9.17) is 9.15 Å². The molecule has 29 heavy (non-hydrogen) atoms. The summed E-state index contributed by atoms with van der Waals surface area (Å²) in [5.74, 6) is 0.388. The molecule has 0 radical (unpaired) electrons. The number of carbonyl (C=O) groups is 1. The number of phenols is 1. The maximum atomic E-state index is 12.7. The van der Waals surface area contributed by atoms with E-state index in [1.807, 2.05) is 0 Å². The number of ether oxygens (including phenoxy) is 1. The van der Waals surface area contributed by atoms with Gasteiger partial charge in [0, 0.05) is 12.8 Å². The van der Waals surface area contributed by atoms with E-state index in [2.05, 4.69) is 10.0 Å². The summed E-state index contributed by atoms with van der Waals surface area (Å²) in [4.78, 5) is 12.0. The monoisotopic (exact) mass is 416 g/mol. The van der Waals surface area contributed by atoms with Crippen molar-refractivity contribution in [1.82, 2.24) is 0 Å². The van der Waals surface area contributed by atoms with Gasteiger partial charge in [-0.05, 0) is 42.5 Å². The van der Waals surface area contributed by atoms with Crippen molar-refractivity contribution >= 4 is 27.3 Å². The molecule has 0 aliphatic heterocycles. The van der Waals surface area contributed by atoms with E-state index in [0.29, 0.717) is 17.9 Å². The Morgan fingerprint density at radius 3 is 2.62 bits per heavy atom. The number of phenolic OH excluding ortho intramolecular Hbond substituents is 1. The van der Waals surface area contributed by atoms with Gasteiger partial charge in [-0.15, -0.1) is 0 Å². The SMILES string of the molecule is COc1ccccc1NS(=O)(=O)c1ccc(O)c(NC(=O)CCc2ccco2)c1. The number of benzene rings is 2. The van der Waals surface area contributed by atoms with E-state index in [1.54, 1.807) is 36.4 Å². The van der Waals surface area contributed by atoms with Crippen LogP contribution in [0.5, 0.6) is 11.5 Å². The third-order valence-electron chi connectivity index (χ3n) is 4.08. The first-order valence-corrected chi connectivity index (χ1v) is 10.2. The van der Waals surface area contributed by atoms with Crippen LogP contribution in [-0.2, 0) is 21.2 Å². The lowest BCUT2D eigenvalue weighted by molar-refractivity contribution is -0.116. The predicted molar refractivity (Wildman–Crippen MR) is 108 cm³/mol. The minimum Gasteiger partial charge on any atom is -0.506 e. The number of carbonyl (C=O) groups excluding carboxylic acids is 1. The number of hydrogen-bond acceptors (Lipinski definition) is 6. The van der Waals surface area contributed by atoms with Crippen molar-refractivity contribution in [2.75, 3.05) is 17.1 Å². The van der Waals surface area contributed by atoms with Crippen LogP contribution in [-0.4, -0.2) is 26.5 Å². The van der Waals surface area contributed by atoms with Crippen molar-refractivity contribution in [2.24, 2.45) is 0 Å². The number of hydrogen-bond donors (Lipinski definition) is 3. The van der Waals surface area contributed by atoms with Gasteiger partial charge in [0.2, 0.25) is 5.91 Å². The molecule has 3 rings (SSSR count). The minimum atomic E-state index is -3.98. The molecule has 152 valence electrons. The number of amides is 1. The zero-order valence-corrected chi connectivity index (χ0v) is 16.4. The molecule has 0 aliphatic carbocycles. The highest BCUT2D eigenvalue weighted by molar-refractivity contribution is 7.92. The summed E-state index contributed by atoms with van der Waals surface area (Å²) in [7, 11) is -2.54. The molecular formula is C20H20N2O6S. The molecule has 9 heteroatoms. The van der Waals surface area contributed by atoms with Crippen LogP contribution in [0.25, 0.3) is 0 Å². The summed E-state index contributed by atoms with van der Waals surface area (Å²) in [6.07, 6.45) is 2.01. The van der Waals surface area contributed by atoms with Crippen molar-refractivity contribution < 1.29 is 27.5 Å². The molecule has 0 fully saturated rings. The van der Waals surface area contributed by atoms with Crippen molar-refractivity contribution in [1.29, 1.82) is 0 Å². The van der Waals surface area contributed by atoms with Crippen LogP contribution in [0.2, 0.25) is 0 Å². The van der Waals surface area contributed by atoms with Crippen LogP contribution in [0.4, 0.5) is 11.4 Å². The average Bonchev–Trinajstić information content (AvgIpc) is 3.22. The molecule has 0 bridgehead atoms. The molecule has 0 aliphatic rings. The lowest BCUT2D eigenvalue weighted by Gasteiger charge is -2.13. The fourth-order valence-electron chi connectivity index (χ4n) is 2.62. The van der Waals surface area contributed by atoms with Crippen LogP contribution in [0.3, 0.4) is 0 Å². The third kappa shape index (κ3) is 5.08. The highest BCUT2D eigenvalue weighted by Gasteiger charge is 2.19. The number of rotatable bonds is 8. The van der Waals surface area contributed by atoms with Crippen molar-refractivity contribution in [3.8, 4) is 11.5 Å². The van der Waals surface area contributed by atoms with Crippen LogP contribution in [0, 0.1) is 0 Å². The molecule has 2 aromatic carbocycles. The standard InChI is InChI=1S/C20H20N2O6S/c1-27-19-7-3-2-6-16(19)22-29(25,26)15-9-10-18(23)17(13-15)21-20(24)11-8-14-5-4-12-28-14/h2-7,9-10,12-13,22-23H,8,11H2,1H3,(H,21,24). The number of methoxy groups -OCH3 is 1. The summed E-state index contributed by atoms with van der Waals surface area (Å²) in [6.45, 7) is 0. The Hall–Kier alpha value is -3.46. The fraction of sp³-hybridized carbons (Fsp3) is 0.150. The molecule has 0 saturated heterocycles. The predicted octanol–water partition coefficient (Wildman–Crippen LogP) is 3.37. The Labute approximate surface area is 168 Å². The van der Waals surface area contributed by atoms with Gasteiger partial charge in [-0.1, -0.05) is 12.1 Å². The van der Waals surface area contributed by atoms with Crippen LogP contribution in [0.1, 0.15) is 12.2 Å². The molecule has 1 amide bonds.